The Morgan fingerprint density at radius 1 is 1.28 bits per heavy atom. The van der Waals surface area contributed by atoms with E-state index in [1.165, 1.54) is 11.3 Å². The monoisotopic (exact) mass is 384 g/mol. The largest absolute Gasteiger partial charge is 0.386 e. The van der Waals surface area contributed by atoms with Crippen LogP contribution in [0.3, 0.4) is 0 Å². The zero-order valence-corrected chi connectivity index (χ0v) is 15.9. The van der Waals surface area contributed by atoms with Crippen molar-refractivity contribution in [2.24, 2.45) is 0 Å². The van der Waals surface area contributed by atoms with Gasteiger partial charge in [-0.05, 0) is 17.0 Å². The quantitative estimate of drug-likeness (QED) is 0.618. The summed E-state index contributed by atoms with van der Waals surface area (Å²) in [5.74, 6) is -0.0365. The molecule has 2 N–H and O–H groups in total. The molecule has 0 radical (unpaired) electrons. The third-order valence-electron chi connectivity index (χ3n) is 3.59. The van der Waals surface area contributed by atoms with Gasteiger partial charge in [-0.15, -0.1) is 23.7 Å². The Labute approximate surface area is 159 Å². The summed E-state index contributed by atoms with van der Waals surface area (Å²) in [6, 6.07) is 13.6. The maximum Gasteiger partial charge on any atom is 0.236 e. The minimum Gasteiger partial charge on any atom is -0.386 e. The minimum atomic E-state index is -0.670. The van der Waals surface area contributed by atoms with Crippen LogP contribution in [0.2, 0.25) is 0 Å². The average Bonchev–Trinajstić information content (AvgIpc) is 3.13. The van der Waals surface area contributed by atoms with Crippen LogP contribution in [0, 0.1) is 0 Å². The van der Waals surface area contributed by atoms with Gasteiger partial charge in [-0.2, -0.15) is 0 Å². The van der Waals surface area contributed by atoms with E-state index in [0.29, 0.717) is 19.7 Å². The van der Waals surface area contributed by atoms with Crippen LogP contribution < -0.4 is 5.32 Å². The zero-order valence-electron chi connectivity index (χ0n) is 14.3. The lowest BCUT2D eigenvalue weighted by molar-refractivity contribution is -0.132. The fourth-order valence-corrected chi connectivity index (χ4v) is 3.02. The van der Waals surface area contributed by atoms with Crippen molar-refractivity contribution < 1.29 is 14.6 Å². The SMILES string of the molecule is COCCNCC(=O)N(Cc1ccccc1)CC(O)c1cccs1.Cl. The predicted molar refractivity (Wildman–Crippen MR) is 103 cm³/mol. The first-order valence-electron chi connectivity index (χ1n) is 7.93. The summed E-state index contributed by atoms with van der Waals surface area (Å²) in [4.78, 5) is 15.1. The Bertz CT molecular complexity index is 596. The van der Waals surface area contributed by atoms with E-state index in [1.54, 1.807) is 12.0 Å². The Kier molecular flexibility index (Phi) is 10.4. The number of nitrogens with zero attached hydrogens (tertiary/aromatic N) is 1. The molecule has 2 rings (SSSR count). The highest BCUT2D eigenvalue weighted by atomic mass is 35.5. The number of hydrogen-bond acceptors (Lipinski definition) is 5. The number of rotatable bonds is 10. The van der Waals surface area contributed by atoms with Crippen molar-refractivity contribution in [2.75, 3.05) is 33.4 Å². The predicted octanol–water partition coefficient (Wildman–Crippen LogP) is 2.47. The van der Waals surface area contributed by atoms with Crippen LogP contribution in [0.1, 0.15) is 16.5 Å². The van der Waals surface area contributed by atoms with Crippen LogP contribution in [0.15, 0.2) is 47.8 Å². The Morgan fingerprint density at radius 2 is 2.04 bits per heavy atom. The van der Waals surface area contributed by atoms with Gasteiger partial charge in [0.2, 0.25) is 5.91 Å². The molecular formula is C18H25ClN2O3S. The van der Waals surface area contributed by atoms with Crippen molar-refractivity contribution in [3.05, 3.63) is 58.3 Å². The lowest BCUT2D eigenvalue weighted by atomic mass is 10.2. The Hall–Kier alpha value is -1.44. The van der Waals surface area contributed by atoms with Gasteiger partial charge in [0, 0.05) is 25.1 Å². The molecule has 0 aliphatic rings. The number of ether oxygens (including phenoxy) is 1. The van der Waals surface area contributed by atoms with Crippen molar-refractivity contribution in [2.45, 2.75) is 12.6 Å². The molecule has 2 aromatic rings. The molecule has 1 atom stereocenters. The number of hydrogen-bond donors (Lipinski definition) is 2. The molecule has 1 unspecified atom stereocenters. The second-order valence-electron chi connectivity index (χ2n) is 5.46. The topological polar surface area (TPSA) is 61.8 Å². The molecule has 138 valence electrons. The van der Waals surface area contributed by atoms with E-state index in [2.05, 4.69) is 5.32 Å². The second-order valence-corrected chi connectivity index (χ2v) is 6.44. The number of nitrogens with one attached hydrogen (secondary N) is 1. The van der Waals surface area contributed by atoms with Crippen molar-refractivity contribution in [3.8, 4) is 0 Å². The van der Waals surface area contributed by atoms with Gasteiger partial charge < -0.3 is 20.1 Å². The van der Waals surface area contributed by atoms with Gasteiger partial charge in [0.05, 0.1) is 19.7 Å². The van der Waals surface area contributed by atoms with Crippen LogP contribution in [0.25, 0.3) is 0 Å². The molecule has 1 heterocycles. The number of aliphatic hydroxyl groups excluding tert-OH is 1. The molecule has 1 aromatic heterocycles. The fourth-order valence-electron chi connectivity index (χ4n) is 2.32. The van der Waals surface area contributed by atoms with Gasteiger partial charge >= 0.3 is 0 Å². The molecule has 0 bridgehead atoms. The van der Waals surface area contributed by atoms with E-state index < -0.39 is 6.10 Å². The van der Waals surface area contributed by atoms with Gasteiger partial charge in [0.25, 0.3) is 0 Å². The highest BCUT2D eigenvalue weighted by Gasteiger charge is 2.19. The summed E-state index contributed by atoms with van der Waals surface area (Å²) in [5.41, 5.74) is 1.04. The maximum atomic E-state index is 12.5. The minimum absolute atomic E-state index is 0. The highest BCUT2D eigenvalue weighted by molar-refractivity contribution is 7.10. The smallest absolute Gasteiger partial charge is 0.236 e. The summed E-state index contributed by atoms with van der Waals surface area (Å²) < 4.78 is 4.97. The number of aliphatic hydroxyl groups is 1. The summed E-state index contributed by atoms with van der Waals surface area (Å²) in [5, 5.41) is 15.4. The molecule has 1 amide bonds. The van der Waals surface area contributed by atoms with Crippen molar-refractivity contribution in [3.63, 3.8) is 0 Å². The maximum absolute atomic E-state index is 12.5. The lowest BCUT2D eigenvalue weighted by Gasteiger charge is -2.25. The molecule has 0 fully saturated rings. The van der Waals surface area contributed by atoms with Crippen molar-refractivity contribution in [1.29, 1.82) is 0 Å². The number of amides is 1. The molecule has 0 aliphatic heterocycles. The van der Waals surface area contributed by atoms with E-state index in [0.717, 1.165) is 10.4 Å². The Balaban J connectivity index is 0.00000312. The van der Waals surface area contributed by atoms with E-state index in [4.69, 9.17) is 4.74 Å². The average molecular weight is 385 g/mol. The number of carbonyl (C=O) groups is 1. The third kappa shape index (κ3) is 7.54. The molecule has 25 heavy (non-hydrogen) atoms. The van der Waals surface area contributed by atoms with Gasteiger partial charge in [0.1, 0.15) is 6.10 Å². The molecule has 5 nitrogen and oxygen atoms in total. The van der Waals surface area contributed by atoms with Crippen LogP contribution in [0.4, 0.5) is 0 Å². The first-order valence-corrected chi connectivity index (χ1v) is 8.81. The lowest BCUT2D eigenvalue weighted by Crippen LogP contribution is -2.40. The van der Waals surface area contributed by atoms with Crippen LogP contribution in [-0.2, 0) is 16.1 Å². The van der Waals surface area contributed by atoms with Crippen molar-refractivity contribution in [1.82, 2.24) is 10.2 Å². The third-order valence-corrected chi connectivity index (χ3v) is 4.57. The normalized spacial score (nSPS) is 11.6. The molecule has 0 saturated heterocycles. The molecule has 1 aromatic carbocycles. The standard InChI is InChI=1S/C18H24N2O3S.ClH/c1-23-10-9-19-12-18(22)20(13-15-6-3-2-4-7-15)14-16(21)17-8-5-11-24-17;/h2-8,11,16,19,21H,9-10,12-14H2,1H3;1H. The van der Waals surface area contributed by atoms with Crippen LogP contribution >= 0.6 is 23.7 Å². The first kappa shape index (κ1) is 21.6. The molecule has 0 spiro atoms. The van der Waals surface area contributed by atoms with Crippen LogP contribution in [-0.4, -0.2) is 49.3 Å². The van der Waals surface area contributed by atoms with Crippen molar-refractivity contribution >= 4 is 29.7 Å². The number of thiophene rings is 1. The number of carbonyl (C=O) groups excluding carboxylic acids is 1. The first-order chi connectivity index (χ1) is 11.7. The summed E-state index contributed by atoms with van der Waals surface area (Å²) in [6.07, 6.45) is -0.670. The second kappa shape index (κ2) is 12.0. The van der Waals surface area contributed by atoms with Crippen LogP contribution in [0.5, 0.6) is 0 Å². The summed E-state index contributed by atoms with van der Waals surface area (Å²) in [7, 11) is 1.63. The molecular weight excluding hydrogens is 360 g/mol. The molecule has 7 heteroatoms. The van der Waals surface area contributed by atoms with Gasteiger partial charge in [-0.3, -0.25) is 4.79 Å². The number of halogens is 1. The molecule has 0 aliphatic carbocycles. The van der Waals surface area contributed by atoms with Gasteiger partial charge in [-0.25, -0.2) is 0 Å². The number of benzene rings is 1. The zero-order chi connectivity index (χ0) is 17.2. The summed E-state index contributed by atoms with van der Waals surface area (Å²) in [6.45, 7) is 2.17. The van der Waals surface area contributed by atoms with E-state index >= 15 is 0 Å². The van der Waals surface area contributed by atoms with E-state index in [-0.39, 0.29) is 31.4 Å². The van der Waals surface area contributed by atoms with E-state index in [1.807, 2.05) is 47.8 Å². The summed E-state index contributed by atoms with van der Waals surface area (Å²) >= 11 is 1.50. The van der Waals surface area contributed by atoms with E-state index in [9.17, 15) is 9.90 Å². The number of methoxy groups -OCH3 is 1. The van der Waals surface area contributed by atoms with Gasteiger partial charge in [-0.1, -0.05) is 36.4 Å². The highest BCUT2D eigenvalue weighted by Crippen LogP contribution is 2.20. The Morgan fingerprint density at radius 3 is 2.68 bits per heavy atom. The van der Waals surface area contributed by atoms with Gasteiger partial charge in [0.15, 0.2) is 0 Å². The fraction of sp³-hybridized carbons (Fsp3) is 0.389. The molecule has 0 saturated carbocycles.